The Labute approximate surface area is 127 Å². The quantitative estimate of drug-likeness (QED) is 0.828. The Bertz CT molecular complexity index is 757. The number of hydrogen-bond acceptors (Lipinski definition) is 2. The molecule has 1 atom stereocenters. The first-order valence-corrected chi connectivity index (χ1v) is 7.59. The van der Waals surface area contributed by atoms with E-state index < -0.39 is 22.4 Å². The van der Waals surface area contributed by atoms with E-state index in [-0.39, 0.29) is 22.8 Å². The predicted octanol–water partition coefficient (Wildman–Crippen LogP) is 4.16. The molecular weight excluding hydrogens is 318 g/mol. The molecular formula is C15H9ClF2O2S. The Morgan fingerprint density at radius 3 is 2.43 bits per heavy atom. The van der Waals surface area contributed by atoms with Gasteiger partial charge in [0.25, 0.3) is 0 Å². The van der Waals surface area contributed by atoms with Crippen molar-refractivity contribution in [2.75, 3.05) is 6.61 Å². The SMILES string of the molecule is O=S(C1=CCOc2c(F)ccc(F)c21)c1ccc(Cl)cc1. The highest BCUT2D eigenvalue weighted by Gasteiger charge is 2.26. The van der Waals surface area contributed by atoms with Crippen LogP contribution in [0.2, 0.25) is 5.02 Å². The maximum absolute atomic E-state index is 14.0. The molecule has 2 aromatic carbocycles. The third-order valence-corrected chi connectivity index (χ3v) is 4.75. The number of hydrogen-bond donors (Lipinski definition) is 0. The van der Waals surface area contributed by atoms with Crippen molar-refractivity contribution in [3.05, 3.63) is 64.7 Å². The van der Waals surface area contributed by atoms with Gasteiger partial charge in [0.1, 0.15) is 12.4 Å². The van der Waals surface area contributed by atoms with Gasteiger partial charge in [-0.25, -0.2) is 13.0 Å². The van der Waals surface area contributed by atoms with Crippen molar-refractivity contribution in [3.63, 3.8) is 0 Å². The molecule has 0 radical (unpaired) electrons. The third-order valence-electron chi connectivity index (χ3n) is 3.03. The van der Waals surface area contributed by atoms with Crippen LogP contribution < -0.4 is 4.74 Å². The summed E-state index contributed by atoms with van der Waals surface area (Å²) in [7, 11) is -1.64. The molecule has 1 aliphatic heterocycles. The summed E-state index contributed by atoms with van der Waals surface area (Å²) in [6.45, 7) is 0.0437. The van der Waals surface area contributed by atoms with Gasteiger partial charge in [0.2, 0.25) is 0 Å². The van der Waals surface area contributed by atoms with Crippen LogP contribution in [-0.4, -0.2) is 10.8 Å². The molecule has 0 aliphatic carbocycles. The fraction of sp³-hybridized carbons (Fsp3) is 0.0667. The van der Waals surface area contributed by atoms with Gasteiger partial charge >= 0.3 is 0 Å². The van der Waals surface area contributed by atoms with Gasteiger partial charge in [0, 0.05) is 9.92 Å². The average Bonchev–Trinajstić information content (AvgIpc) is 2.50. The number of rotatable bonds is 2. The zero-order chi connectivity index (χ0) is 15.0. The Balaban J connectivity index is 2.09. The molecule has 0 saturated heterocycles. The van der Waals surface area contributed by atoms with Crippen LogP contribution in [0.1, 0.15) is 5.56 Å². The molecule has 1 aliphatic rings. The molecule has 0 fully saturated rings. The topological polar surface area (TPSA) is 26.3 Å². The van der Waals surface area contributed by atoms with Crippen molar-refractivity contribution < 1.29 is 17.7 Å². The standard InChI is InChI=1S/C15H9ClF2O2S/c16-9-1-3-10(4-2-9)21(19)13-7-8-20-15-12(18)6-5-11(17)14(13)15/h1-7H,8H2. The monoisotopic (exact) mass is 326 g/mol. The summed E-state index contributed by atoms with van der Waals surface area (Å²) >= 11 is 5.79. The smallest absolute Gasteiger partial charge is 0.166 e. The first-order chi connectivity index (χ1) is 10.1. The lowest BCUT2D eigenvalue weighted by molar-refractivity contribution is 0.333. The molecule has 1 heterocycles. The van der Waals surface area contributed by atoms with Gasteiger partial charge in [-0.1, -0.05) is 11.6 Å². The van der Waals surface area contributed by atoms with Crippen molar-refractivity contribution in [2.24, 2.45) is 0 Å². The van der Waals surface area contributed by atoms with E-state index in [0.717, 1.165) is 12.1 Å². The third kappa shape index (κ3) is 2.59. The van der Waals surface area contributed by atoms with Crippen LogP contribution in [0.15, 0.2) is 47.4 Å². The van der Waals surface area contributed by atoms with Crippen LogP contribution in [0.25, 0.3) is 4.91 Å². The van der Waals surface area contributed by atoms with Crippen LogP contribution in [0.4, 0.5) is 8.78 Å². The molecule has 3 rings (SSSR count). The first-order valence-electron chi connectivity index (χ1n) is 6.06. The summed E-state index contributed by atoms with van der Waals surface area (Å²) in [5, 5.41) is 0.509. The van der Waals surface area contributed by atoms with Crippen LogP contribution in [0.5, 0.6) is 5.75 Å². The second kappa shape index (κ2) is 5.58. The van der Waals surface area contributed by atoms with Gasteiger partial charge < -0.3 is 4.74 Å². The Hall–Kier alpha value is -1.72. The van der Waals surface area contributed by atoms with Crippen LogP contribution in [0.3, 0.4) is 0 Å². The zero-order valence-corrected chi connectivity index (χ0v) is 12.2. The van der Waals surface area contributed by atoms with Gasteiger partial charge in [-0.05, 0) is 42.5 Å². The van der Waals surface area contributed by atoms with Gasteiger partial charge in [-0.2, -0.15) is 0 Å². The number of ether oxygens (including phenoxy) is 1. The van der Waals surface area contributed by atoms with E-state index in [2.05, 4.69) is 0 Å². The number of fused-ring (bicyclic) bond motifs is 1. The highest BCUT2D eigenvalue weighted by atomic mass is 35.5. The lowest BCUT2D eigenvalue weighted by atomic mass is 10.1. The Kier molecular flexibility index (Phi) is 3.78. The molecule has 0 saturated carbocycles. The molecule has 108 valence electrons. The summed E-state index contributed by atoms with van der Waals surface area (Å²) in [5.41, 5.74) is -0.0884. The fourth-order valence-corrected chi connectivity index (χ4v) is 3.42. The molecule has 0 aromatic heterocycles. The molecule has 2 nitrogen and oxygen atoms in total. The lowest BCUT2D eigenvalue weighted by Gasteiger charge is -2.19. The lowest BCUT2D eigenvalue weighted by Crippen LogP contribution is -2.11. The summed E-state index contributed by atoms with van der Waals surface area (Å²) in [5.74, 6) is -1.54. The molecule has 6 heteroatoms. The van der Waals surface area contributed by atoms with Crippen molar-refractivity contribution in [1.29, 1.82) is 0 Å². The van der Waals surface area contributed by atoms with E-state index in [0.29, 0.717) is 9.92 Å². The van der Waals surface area contributed by atoms with Gasteiger partial charge in [-0.3, -0.25) is 0 Å². The van der Waals surface area contributed by atoms with Crippen molar-refractivity contribution in [3.8, 4) is 5.75 Å². The number of halogens is 3. The van der Waals surface area contributed by atoms with E-state index in [1.165, 1.54) is 6.08 Å². The minimum absolute atomic E-state index is 0.0437. The van der Waals surface area contributed by atoms with Crippen LogP contribution in [0, 0.1) is 11.6 Å². The predicted molar refractivity (Wildman–Crippen MR) is 77.7 cm³/mol. The molecule has 0 N–H and O–H groups in total. The van der Waals surface area contributed by atoms with Gasteiger partial charge in [-0.15, -0.1) is 0 Å². The molecule has 21 heavy (non-hydrogen) atoms. The van der Waals surface area contributed by atoms with E-state index in [9.17, 15) is 13.0 Å². The van der Waals surface area contributed by atoms with E-state index >= 15 is 0 Å². The highest BCUT2D eigenvalue weighted by Crippen LogP contribution is 2.37. The Morgan fingerprint density at radius 1 is 1.05 bits per heavy atom. The van der Waals surface area contributed by atoms with Gasteiger partial charge in [0.05, 0.1) is 21.3 Å². The summed E-state index contributed by atoms with van der Waals surface area (Å²) in [4.78, 5) is 0.665. The van der Waals surface area contributed by atoms with E-state index in [1.54, 1.807) is 24.3 Å². The molecule has 0 spiro atoms. The zero-order valence-electron chi connectivity index (χ0n) is 10.6. The van der Waals surface area contributed by atoms with Crippen molar-refractivity contribution in [2.45, 2.75) is 4.90 Å². The first kappa shape index (κ1) is 14.2. The largest absolute Gasteiger partial charge is 0.486 e. The molecule has 0 amide bonds. The summed E-state index contributed by atoms with van der Waals surface area (Å²) in [6.07, 6.45) is 1.50. The van der Waals surface area contributed by atoms with Crippen LogP contribution in [-0.2, 0) is 10.8 Å². The second-order valence-electron chi connectivity index (χ2n) is 4.34. The fourth-order valence-electron chi connectivity index (χ4n) is 2.06. The van der Waals surface area contributed by atoms with Crippen molar-refractivity contribution in [1.82, 2.24) is 0 Å². The maximum atomic E-state index is 14.0. The second-order valence-corrected chi connectivity index (χ2v) is 6.22. The van der Waals surface area contributed by atoms with E-state index in [4.69, 9.17) is 16.3 Å². The summed E-state index contributed by atoms with van der Waals surface area (Å²) < 4.78 is 45.4. The minimum atomic E-state index is -1.64. The van der Waals surface area contributed by atoms with E-state index in [1.807, 2.05) is 0 Å². The maximum Gasteiger partial charge on any atom is 0.166 e. The highest BCUT2D eigenvalue weighted by molar-refractivity contribution is 7.94. The summed E-state index contributed by atoms with van der Waals surface area (Å²) in [6, 6.07) is 8.35. The van der Waals surface area contributed by atoms with Gasteiger partial charge in [0.15, 0.2) is 11.6 Å². The molecule has 0 bridgehead atoms. The Morgan fingerprint density at radius 2 is 1.71 bits per heavy atom. The van der Waals surface area contributed by atoms with Crippen molar-refractivity contribution >= 4 is 27.3 Å². The molecule has 1 unspecified atom stereocenters. The van der Waals surface area contributed by atoms with Crippen LogP contribution >= 0.6 is 11.6 Å². The number of benzene rings is 2. The minimum Gasteiger partial charge on any atom is -0.486 e. The average molecular weight is 327 g/mol. The molecule has 2 aromatic rings. The normalized spacial score (nSPS) is 14.9.